The Morgan fingerprint density at radius 1 is 1.73 bits per heavy atom. The van der Waals surface area contributed by atoms with E-state index in [0.717, 1.165) is 23.2 Å². The molecule has 0 unspecified atom stereocenters. The Morgan fingerprint density at radius 2 is 2.53 bits per heavy atom. The first-order valence-corrected chi connectivity index (χ1v) is 6.55. The molecule has 1 fully saturated rings. The second-order valence-corrected chi connectivity index (χ2v) is 5.91. The molecule has 1 saturated heterocycles. The molecule has 1 aromatic heterocycles. The molecule has 1 aromatic rings. The summed E-state index contributed by atoms with van der Waals surface area (Å²) in [6.45, 7) is 0.828. The SMILES string of the molecule is O=C(c1csc(Br)c1)N1CCC[C@H]1CO. The number of rotatable bonds is 2. The zero-order valence-electron chi connectivity index (χ0n) is 8.15. The zero-order valence-corrected chi connectivity index (χ0v) is 10.6. The Bertz CT molecular complexity index is 366. The minimum Gasteiger partial charge on any atom is -0.394 e. The number of aliphatic hydroxyl groups excluding tert-OH is 1. The zero-order chi connectivity index (χ0) is 10.8. The van der Waals surface area contributed by atoms with Crippen molar-refractivity contribution in [3.8, 4) is 0 Å². The van der Waals surface area contributed by atoms with Gasteiger partial charge in [0.25, 0.3) is 5.91 Å². The van der Waals surface area contributed by atoms with Gasteiger partial charge in [-0.05, 0) is 34.8 Å². The molecule has 1 aliphatic rings. The third kappa shape index (κ3) is 2.24. The van der Waals surface area contributed by atoms with Crippen LogP contribution in [0.3, 0.4) is 0 Å². The fraction of sp³-hybridized carbons (Fsp3) is 0.500. The van der Waals surface area contributed by atoms with Gasteiger partial charge < -0.3 is 10.0 Å². The first-order valence-electron chi connectivity index (χ1n) is 4.88. The number of halogens is 1. The van der Waals surface area contributed by atoms with Crippen molar-refractivity contribution in [3.05, 3.63) is 20.8 Å². The van der Waals surface area contributed by atoms with Crippen LogP contribution in [0.1, 0.15) is 23.2 Å². The number of carbonyl (C=O) groups excluding carboxylic acids is 1. The smallest absolute Gasteiger partial charge is 0.255 e. The lowest BCUT2D eigenvalue weighted by molar-refractivity contribution is 0.0678. The lowest BCUT2D eigenvalue weighted by atomic mass is 10.2. The van der Waals surface area contributed by atoms with Crippen LogP contribution in [-0.4, -0.2) is 35.1 Å². The molecule has 0 saturated carbocycles. The van der Waals surface area contributed by atoms with E-state index in [2.05, 4.69) is 15.9 Å². The third-order valence-corrected chi connectivity index (χ3v) is 4.17. The van der Waals surface area contributed by atoms with Crippen LogP contribution in [0.2, 0.25) is 0 Å². The Labute approximate surface area is 101 Å². The number of aliphatic hydroxyl groups is 1. The maximum absolute atomic E-state index is 12.0. The van der Waals surface area contributed by atoms with Crippen LogP contribution in [0.4, 0.5) is 0 Å². The summed E-state index contributed by atoms with van der Waals surface area (Å²) >= 11 is 4.85. The summed E-state index contributed by atoms with van der Waals surface area (Å²) in [4.78, 5) is 13.8. The second kappa shape index (κ2) is 4.63. The number of hydrogen-bond donors (Lipinski definition) is 1. The first kappa shape index (κ1) is 11.1. The Morgan fingerprint density at radius 3 is 3.13 bits per heavy atom. The maximum Gasteiger partial charge on any atom is 0.255 e. The summed E-state index contributed by atoms with van der Waals surface area (Å²) in [7, 11) is 0. The van der Waals surface area contributed by atoms with Gasteiger partial charge in [-0.2, -0.15) is 0 Å². The van der Waals surface area contributed by atoms with Crippen LogP contribution in [0, 0.1) is 0 Å². The molecule has 0 bridgehead atoms. The molecule has 1 aliphatic heterocycles. The van der Waals surface area contributed by atoms with E-state index in [1.54, 1.807) is 4.90 Å². The van der Waals surface area contributed by atoms with Gasteiger partial charge in [-0.15, -0.1) is 11.3 Å². The normalized spacial score (nSPS) is 20.9. The fourth-order valence-electron chi connectivity index (χ4n) is 1.88. The summed E-state index contributed by atoms with van der Waals surface area (Å²) in [6.07, 6.45) is 1.90. The van der Waals surface area contributed by atoms with E-state index in [4.69, 9.17) is 5.11 Å². The lowest BCUT2D eigenvalue weighted by Gasteiger charge is -2.22. The van der Waals surface area contributed by atoms with Gasteiger partial charge in [-0.1, -0.05) is 0 Å². The molecule has 0 spiro atoms. The first-order chi connectivity index (χ1) is 7.22. The molecule has 15 heavy (non-hydrogen) atoms. The van der Waals surface area contributed by atoms with E-state index in [1.807, 2.05) is 11.4 Å². The molecule has 0 aliphatic carbocycles. The molecule has 1 N–H and O–H groups in total. The molecule has 0 aromatic carbocycles. The van der Waals surface area contributed by atoms with Crippen LogP contribution in [-0.2, 0) is 0 Å². The summed E-state index contributed by atoms with van der Waals surface area (Å²) in [6, 6.07) is 1.84. The molecule has 2 heterocycles. The quantitative estimate of drug-likeness (QED) is 0.906. The molecular formula is C10H12BrNO2S. The topological polar surface area (TPSA) is 40.5 Å². The van der Waals surface area contributed by atoms with Gasteiger partial charge in [0.2, 0.25) is 0 Å². The molecule has 1 atom stereocenters. The van der Waals surface area contributed by atoms with Crippen molar-refractivity contribution in [2.24, 2.45) is 0 Å². The van der Waals surface area contributed by atoms with Gasteiger partial charge in [0, 0.05) is 11.9 Å². The van der Waals surface area contributed by atoms with Crippen molar-refractivity contribution in [2.45, 2.75) is 18.9 Å². The summed E-state index contributed by atoms with van der Waals surface area (Å²) in [5, 5.41) is 11.0. The van der Waals surface area contributed by atoms with E-state index in [-0.39, 0.29) is 18.6 Å². The van der Waals surface area contributed by atoms with E-state index < -0.39 is 0 Å². The largest absolute Gasteiger partial charge is 0.394 e. The van der Waals surface area contributed by atoms with Crippen molar-refractivity contribution in [1.82, 2.24) is 4.90 Å². The van der Waals surface area contributed by atoms with E-state index >= 15 is 0 Å². The van der Waals surface area contributed by atoms with Crippen LogP contribution in [0.15, 0.2) is 15.2 Å². The van der Waals surface area contributed by atoms with E-state index in [1.165, 1.54) is 11.3 Å². The van der Waals surface area contributed by atoms with Gasteiger partial charge in [-0.3, -0.25) is 4.79 Å². The van der Waals surface area contributed by atoms with Crippen LogP contribution < -0.4 is 0 Å². The lowest BCUT2D eigenvalue weighted by Crippen LogP contribution is -2.37. The van der Waals surface area contributed by atoms with Crippen LogP contribution >= 0.6 is 27.3 Å². The van der Waals surface area contributed by atoms with Gasteiger partial charge in [0.1, 0.15) is 0 Å². The fourth-order valence-corrected chi connectivity index (χ4v) is 3.01. The number of nitrogens with zero attached hydrogens (tertiary/aromatic N) is 1. The summed E-state index contributed by atoms with van der Waals surface area (Å²) in [5.41, 5.74) is 0.715. The monoisotopic (exact) mass is 289 g/mol. The molecule has 3 nitrogen and oxygen atoms in total. The van der Waals surface area contributed by atoms with Crippen molar-refractivity contribution in [3.63, 3.8) is 0 Å². The second-order valence-electron chi connectivity index (χ2n) is 3.62. The van der Waals surface area contributed by atoms with Crippen molar-refractivity contribution in [1.29, 1.82) is 0 Å². The third-order valence-electron chi connectivity index (χ3n) is 2.66. The number of carbonyl (C=O) groups is 1. The Kier molecular flexibility index (Phi) is 3.43. The number of hydrogen-bond acceptors (Lipinski definition) is 3. The number of thiophene rings is 1. The number of likely N-dealkylation sites (tertiary alicyclic amines) is 1. The van der Waals surface area contributed by atoms with Gasteiger partial charge in [-0.25, -0.2) is 0 Å². The van der Waals surface area contributed by atoms with Gasteiger partial charge >= 0.3 is 0 Å². The Hall–Kier alpha value is -0.390. The van der Waals surface area contributed by atoms with Gasteiger partial charge in [0.15, 0.2) is 0 Å². The molecular weight excluding hydrogens is 278 g/mol. The molecule has 5 heteroatoms. The molecule has 2 rings (SSSR count). The standard InChI is InChI=1S/C10H12BrNO2S/c11-9-4-7(6-15-9)10(14)12-3-1-2-8(12)5-13/h4,6,8,13H,1-3,5H2/t8-/m0/s1. The van der Waals surface area contributed by atoms with E-state index in [0.29, 0.717) is 5.56 Å². The highest BCUT2D eigenvalue weighted by atomic mass is 79.9. The average molecular weight is 290 g/mol. The minimum absolute atomic E-state index is 0.0103. The Balaban J connectivity index is 2.13. The maximum atomic E-state index is 12.0. The summed E-state index contributed by atoms with van der Waals surface area (Å²) in [5.74, 6) is 0.0356. The highest BCUT2D eigenvalue weighted by molar-refractivity contribution is 9.11. The van der Waals surface area contributed by atoms with E-state index in [9.17, 15) is 4.79 Å². The summed E-state index contributed by atoms with van der Waals surface area (Å²) < 4.78 is 0.964. The highest BCUT2D eigenvalue weighted by Crippen LogP contribution is 2.25. The van der Waals surface area contributed by atoms with Gasteiger partial charge in [0.05, 0.1) is 22.0 Å². The van der Waals surface area contributed by atoms with Crippen LogP contribution in [0.5, 0.6) is 0 Å². The van der Waals surface area contributed by atoms with Crippen molar-refractivity contribution >= 4 is 33.2 Å². The predicted molar refractivity (Wildman–Crippen MR) is 63.2 cm³/mol. The van der Waals surface area contributed by atoms with Crippen molar-refractivity contribution < 1.29 is 9.90 Å². The molecule has 82 valence electrons. The minimum atomic E-state index is 0.0103. The highest BCUT2D eigenvalue weighted by Gasteiger charge is 2.28. The number of amides is 1. The molecule has 1 amide bonds. The average Bonchev–Trinajstić information content (AvgIpc) is 2.84. The van der Waals surface area contributed by atoms with Crippen molar-refractivity contribution in [2.75, 3.05) is 13.2 Å². The molecule has 0 radical (unpaired) electrons. The van der Waals surface area contributed by atoms with Crippen LogP contribution in [0.25, 0.3) is 0 Å². The predicted octanol–water partition coefficient (Wildman–Crippen LogP) is 2.11.